The second-order valence-corrected chi connectivity index (χ2v) is 11.5. The molecule has 5 nitrogen and oxygen atoms in total. The Kier molecular flexibility index (Phi) is 7.84. The van der Waals surface area contributed by atoms with Crippen LogP contribution in [0.15, 0.2) is 33.6 Å². The maximum Gasteiger partial charge on any atom is 0.243 e. The molecule has 0 unspecified atom stereocenters. The molecule has 1 fully saturated rings. The molecule has 0 bridgehead atoms. The van der Waals surface area contributed by atoms with Gasteiger partial charge in [0.05, 0.1) is 4.90 Å². The molecule has 1 aliphatic heterocycles. The summed E-state index contributed by atoms with van der Waals surface area (Å²) in [6.07, 6.45) is 2.70. The van der Waals surface area contributed by atoms with Gasteiger partial charge in [-0.2, -0.15) is 4.31 Å². The van der Waals surface area contributed by atoms with E-state index >= 15 is 0 Å². The fourth-order valence-corrected chi connectivity index (χ4v) is 7.16. The fourth-order valence-electron chi connectivity index (χ4n) is 4.73. The van der Waals surface area contributed by atoms with Crippen LogP contribution in [-0.4, -0.2) is 31.7 Å². The summed E-state index contributed by atoms with van der Waals surface area (Å²) in [5.74, 6) is -0.212. The van der Waals surface area contributed by atoms with Crippen LogP contribution in [0.4, 0.5) is 5.69 Å². The minimum atomic E-state index is -3.58. The Morgan fingerprint density at radius 2 is 1.50 bits per heavy atom. The van der Waals surface area contributed by atoms with Crippen molar-refractivity contribution in [2.45, 2.75) is 65.2 Å². The van der Waals surface area contributed by atoms with E-state index < -0.39 is 10.0 Å². The van der Waals surface area contributed by atoms with Gasteiger partial charge < -0.3 is 5.32 Å². The number of hydrogen-bond acceptors (Lipinski definition) is 3. The standard InChI is InChI=1S/C25H33BrN2O3S/c1-6-19-14-22(26)15-20(7-2)23(19)27-25(29)21-8-10-28(11-9-21)32(30,31)24-17(4)12-16(3)13-18(24)5/h12-15,21H,6-11H2,1-5H3,(H,27,29). The van der Waals surface area contributed by atoms with Gasteiger partial charge in [0.1, 0.15) is 0 Å². The van der Waals surface area contributed by atoms with E-state index in [0.29, 0.717) is 30.8 Å². The largest absolute Gasteiger partial charge is 0.325 e. The molecular weight excluding hydrogens is 488 g/mol. The first-order chi connectivity index (χ1) is 15.1. The molecule has 1 saturated heterocycles. The third-order valence-corrected chi connectivity index (χ3v) is 8.97. The topological polar surface area (TPSA) is 66.5 Å². The number of aryl methyl sites for hydroxylation is 5. The van der Waals surface area contributed by atoms with Crippen molar-refractivity contribution in [3.63, 3.8) is 0 Å². The van der Waals surface area contributed by atoms with Gasteiger partial charge in [-0.05, 0) is 80.8 Å². The third-order valence-electron chi connectivity index (χ3n) is 6.30. The van der Waals surface area contributed by atoms with Crippen LogP contribution in [0.2, 0.25) is 0 Å². The highest BCUT2D eigenvalue weighted by Gasteiger charge is 2.34. The highest BCUT2D eigenvalue weighted by Crippen LogP contribution is 2.31. The smallest absolute Gasteiger partial charge is 0.243 e. The van der Waals surface area contributed by atoms with Gasteiger partial charge in [0, 0.05) is 29.2 Å². The number of carbonyl (C=O) groups excluding carboxylic acids is 1. The zero-order valence-corrected chi connectivity index (χ0v) is 22.0. The van der Waals surface area contributed by atoms with Crippen molar-refractivity contribution in [1.29, 1.82) is 0 Å². The summed E-state index contributed by atoms with van der Waals surface area (Å²) in [5.41, 5.74) is 5.72. The molecule has 2 aromatic carbocycles. The molecule has 1 aliphatic rings. The predicted octanol–water partition coefficient (Wildman–Crippen LogP) is 5.54. The van der Waals surface area contributed by atoms with Crippen molar-refractivity contribution in [2.75, 3.05) is 18.4 Å². The molecule has 0 radical (unpaired) electrons. The number of rotatable bonds is 6. The number of nitrogens with zero attached hydrogens (tertiary/aromatic N) is 1. The van der Waals surface area contributed by atoms with Crippen LogP contribution in [-0.2, 0) is 27.7 Å². The Balaban J connectivity index is 1.73. The van der Waals surface area contributed by atoms with E-state index in [4.69, 9.17) is 0 Å². The van der Waals surface area contributed by atoms with Crippen LogP contribution in [0.1, 0.15) is 54.5 Å². The van der Waals surface area contributed by atoms with E-state index in [1.54, 1.807) is 0 Å². The minimum absolute atomic E-state index is 0.0172. The number of carbonyl (C=O) groups is 1. The van der Waals surface area contributed by atoms with E-state index in [0.717, 1.165) is 50.8 Å². The van der Waals surface area contributed by atoms with Crippen LogP contribution in [0.5, 0.6) is 0 Å². The Morgan fingerprint density at radius 3 is 1.97 bits per heavy atom. The van der Waals surface area contributed by atoms with Crippen LogP contribution >= 0.6 is 15.9 Å². The summed E-state index contributed by atoms with van der Waals surface area (Å²) in [6.45, 7) is 10.5. The summed E-state index contributed by atoms with van der Waals surface area (Å²) in [4.78, 5) is 13.5. The Hall–Kier alpha value is -1.70. The third kappa shape index (κ3) is 5.10. The number of hydrogen-bond donors (Lipinski definition) is 1. The van der Waals surface area contributed by atoms with E-state index in [2.05, 4.69) is 47.2 Å². The Bertz CT molecular complexity index is 1070. The van der Waals surface area contributed by atoms with Gasteiger partial charge in [-0.25, -0.2) is 8.42 Å². The second-order valence-electron chi connectivity index (χ2n) is 8.70. The number of sulfonamides is 1. The van der Waals surface area contributed by atoms with Gasteiger partial charge in [0.25, 0.3) is 0 Å². The first kappa shape index (κ1) is 24.9. The van der Waals surface area contributed by atoms with E-state index in [-0.39, 0.29) is 11.8 Å². The first-order valence-electron chi connectivity index (χ1n) is 11.3. The molecule has 7 heteroatoms. The van der Waals surface area contributed by atoms with Crippen molar-refractivity contribution in [1.82, 2.24) is 4.31 Å². The van der Waals surface area contributed by atoms with E-state index in [9.17, 15) is 13.2 Å². The molecule has 0 aliphatic carbocycles. The Labute approximate surface area is 200 Å². The summed E-state index contributed by atoms with van der Waals surface area (Å²) in [6, 6.07) is 7.93. The average Bonchev–Trinajstić information content (AvgIpc) is 2.73. The molecule has 1 N–H and O–H groups in total. The maximum absolute atomic E-state index is 13.3. The summed E-state index contributed by atoms with van der Waals surface area (Å²) < 4.78 is 29.2. The van der Waals surface area contributed by atoms with Gasteiger partial charge in [0.2, 0.25) is 15.9 Å². The van der Waals surface area contributed by atoms with Gasteiger partial charge in [-0.3, -0.25) is 4.79 Å². The lowest BCUT2D eigenvalue weighted by Gasteiger charge is -2.31. The van der Waals surface area contributed by atoms with Crippen molar-refractivity contribution >= 4 is 37.5 Å². The van der Waals surface area contributed by atoms with Gasteiger partial charge in [-0.15, -0.1) is 0 Å². The van der Waals surface area contributed by atoms with Crippen LogP contribution in [0.3, 0.4) is 0 Å². The quantitative estimate of drug-likeness (QED) is 0.543. The minimum Gasteiger partial charge on any atom is -0.325 e. The molecule has 2 aromatic rings. The molecule has 32 heavy (non-hydrogen) atoms. The average molecular weight is 522 g/mol. The van der Waals surface area contributed by atoms with Crippen molar-refractivity contribution in [2.24, 2.45) is 5.92 Å². The van der Waals surface area contributed by atoms with Crippen molar-refractivity contribution in [3.05, 3.63) is 56.6 Å². The van der Waals surface area contributed by atoms with Crippen LogP contribution in [0, 0.1) is 26.7 Å². The summed E-state index contributed by atoms with van der Waals surface area (Å²) in [5, 5.41) is 3.16. The molecule has 0 atom stereocenters. The first-order valence-corrected chi connectivity index (χ1v) is 13.5. The molecule has 1 amide bonds. The highest BCUT2D eigenvalue weighted by molar-refractivity contribution is 9.10. The predicted molar refractivity (Wildman–Crippen MR) is 134 cm³/mol. The number of amides is 1. The lowest BCUT2D eigenvalue weighted by atomic mass is 9.96. The molecule has 1 heterocycles. The fraction of sp³-hybridized carbons (Fsp3) is 0.480. The lowest BCUT2D eigenvalue weighted by Crippen LogP contribution is -2.42. The second kappa shape index (κ2) is 10.1. The monoisotopic (exact) mass is 520 g/mol. The Morgan fingerprint density at radius 1 is 1.00 bits per heavy atom. The lowest BCUT2D eigenvalue weighted by molar-refractivity contribution is -0.120. The van der Waals surface area contributed by atoms with E-state index in [1.807, 2.05) is 32.9 Å². The normalized spacial score (nSPS) is 15.7. The SMILES string of the molecule is CCc1cc(Br)cc(CC)c1NC(=O)C1CCN(S(=O)(=O)c2c(C)cc(C)cc2C)CC1. The number of anilines is 1. The zero-order chi connectivity index (χ0) is 23.6. The molecule has 3 rings (SSSR count). The number of nitrogens with one attached hydrogen (secondary N) is 1. The highest BCUT2D eigenvalue weighted by atomic mass is 79.9. The van der Waals surface area contributed by atoms with Gasteiger partial charge >= 0.3 is 0 Å². The zero-order valence-electron chi connectivity index (χ0n) is 19.6. The van der Waals surface area contributed by atoms with Crippen LogP contribution in [0.25, 0.3) is 0 Å². The van der Waals surface area contributed by atoms with Crippen molar-refractivity contribution in [3.8, 4) is 0 Å². The summed E-state index contributed by atoms with van der Waals surface area (Å²) in [7, 11) is -3.58. The van der Waals surface area contributed by atoms with Gasteiger partial charge in [-0.1, -0.05) is 47.5 Å². The molecule has 174 valence electrons. The van der Waals surface area contributed by atoms with Crippen LogP contribution < -0.4 is 5.32 Å². The molecule has 0 aromatic heterocycles. The number of halogens is 1. The molecule has 0 spiro atoms. The van der Waals surface area contributed by atoms with Gasteiger partial charge in [0.15, 0.2) is 0 Å². The summed E-state index contributed by atoms with van der Waals surface area (Å²) >= 11 is 3.55. The molecule has 0 saturated carbocycles. The maximum atomic E-state index is 13.3. The number of piperidine rings is 1. The van der Waals surface area contributed by atoms with Crippen molar-refractivity contribution < 1.29 is 13.2 Å². The molecular formula is C25H33BrN2O3S. The number of benzene rings is 2. The van der Waals surface area contributed by atoms with E-state index in [1.165, 1.54) is 4.31 Å².